The number of hydrogen-bond donors (Lipinski definition) is 4. The van der Waals surface area contributed by atoms with Crippen molar-refractivity contribution in [3.8, 4) is 5.75 Å². The third-order valence-electron chi connectivity index (χ3n) is 1.72. The van der Waals surface area contributed by atoms with Gasteiger partial charge in [-0.05, 0) is 24.6 Å². The van der Waals surface area contributed by atoms with E-state index in [9.17, 15) is 5.21 Å². The number of benzene rings is 1. The van der Waals surface area contributed by atoms with Gasteiger partial charge in [-0.3, -0.25) is 0 Å². The minimum absolute atomic E-state index is 0.0778. The number of aromatic hydroxyl groups is 1. The summed E-state index contributed by atoms with van der Waals surface area (Å²) in [6.07, 6.45) is 0.612. The first kappa shape index (κ1) is 9.94. The molecule has 0 aliphatic rings. The lowest BCUT2D eigenvalue weighted by Gasteiger charge is -2.13. The molecule has 0 amide bonds. The molecule has 5 N–H and O–H groups in total. The van der Waals surface area contributed by atoms with Gasteiger partial charge in [0, 0.05) is 6.07 Å². The van der Waals surface area contributed by atoms with E-state index >= 15 is 0 Å². The summed E-state index contributed by atoms with van der Waals surface area (Å²) < 4.78 is 0. The fourth-order valence-electron chi connectivity index (χ4n) is 1.08. The molecular weight excluding hydrogens is 172 g/mol. The minimum Gasteiger partial charge on any atom is -0.595 e. The van der Waals surface area contributed by atoms with Crippen molar-refractivity contribution in [3.05, 3.63) is 29.0 Å². The van der Waals surface area contributed by atoms with Crippen LogP contribution >= 0.6 is 0 Å². The second-order valence-corrected chi connectivity index (χ2v) is 2.70. The average molecular weight is 184 g/mol. The number of phenols is 1. The Labute approximate surface area is 75.6 Å². The van der Waals surface area contributed by atoms with Gasteiger partial charge in [0.15, 0.2) is 5.75 Å². The van der Waals surface area contributed by atoms with Gasteiger partial charge in [0.2, 0.25) is 5.69 Å². The predicted molar refractivity (Wildman–Crippen MR) is 46.6 cm³/mol. The summed E-state index contributed by atoms with van der Waals surface area (Å²) >= 11 is 0. The molecule has 0 spiro atoms. The quantitative estimate of drug-likeness (QED) is 0.369. The molecule has 0 fully saturated rings. The minimum atomic E-state index is -1.13. The van der Waals surface area contributed by atoms with Crippen LogP contribution in [0.25, 0.3) is 0 Å². The summed E-state index contributed by atoms with van der Waals surface area (Å²) in [5.41, 5.74) is 6.05. The molecule has 72 valence electrons. The van der Waals surface area contributed by atoms with E-state index in [1.54, 1.807) is 6.07 Å². The molecular formula is C8H12N2O3. The maximum Gasteiger partial charge on any atom is 0.206 e. The number of rotatable bonds is 3. The maximum absolute atomic E-state index is 10.6. The van der Waals surface area contributed by atoms with E-state index in [0.717, 1.165) is 5.56 Å². The highest BCUT2D eigenvalue weighted by atomic mass is 16.8. The van der Waals surface area contributed by atoms with Gasteiger partial charge in [0.25, 0.3) is 0 Å². The molecule has 1 rings (SSSR count). The molecule has 5 heteroatoms. The van der Waals surface area contributed by atoms with Crippen molar-refractivity contribution in [2.24, 2.45) is 5.73 Å². The van der Waals surface area contributed by atoms with E-state index in [4.69, 9.17) is 16.0 Å². The molecule has 1 unspecified atom stereocenters. The van der Waals surface area contributed by atoms with Gasteiger partial charge in [-0.25, -0.2) is 5.21 Å². The first-order chi connectivity index (χ1) is 6.15. The van der Waals surface area contributed by atoms with E-state index in [0.29, 0.717) is 13.0 Å². The molecule has 1 aromatic rings. The molecule has 0 heterocycles. The van der Waals surface area contributed by atoms with Crippen molar-refractivity contribution in [2.45, 2.75) is 6.42 Å². The largest absolute Gasteiger partial charge is 0.595 e. The SMILES string of the molecule is NCCc1ccc(O)c([NH+]([O-])O)c1. The van der Waals surface area contributed by atoms with Gasteiger partial charge >= 0.3 is 0 Å². The fourth-order valence-corrected chi connectivity index (χ4v) is 1.08. The van der Waals surface area contributed by atoms with E-state index in [1.165, 1.54) is 12.1 Å². The Morgan fingerprint density at radius 2 is 2.15 bits per heavy atom. The standard InChI is InChI=1S/C8H12N2O3/c9-4-3-6-1-2-8(11)7(5-6)10(12)13/h1-2,5,10-12H,3-4,9H2. The lowest BCUT2D eigenvalue weighted by atomic mass is 10.1. The van der Waals surface area contributed by atoms with Crippen LogP contribution in [-0.2, 0) is 6.42 Å². The molecule has 1 aromatic carbocycles. The van der Waals surface area contributed by atoms with Crippen molar-refractivity contribution in [1.29, 1.82) is 0 Å². The Morgan fingerprint density at radius 1 is 1.46 bits per heavy atom. The number of nitrogens with one attached hydrogen (secondary N) is 1. The number of quaternary nitrogens is 1. The summed E-state index contributed by atoms with van der Waals surface area (Å²) in [6, 6.07) is 4.47. The maximum atomic E-state index is 10.6. The van der Waals surface area contributed by atoms with Crippen molar-refractivity contribution in [2.75, 3.05) is 6.54 Å². The Morgan fingerprint density at radius 3 is 2.69 bits per heavy atom. The van der Waals surface area contributed by atoms with Crippen LogP contribution in [0.5, 0.6) is 5.75 Å². The molecule has 0 radical (unpaired) electrons. The van der Waals surface area contributed by atoms with Crippen LogP contribution in [0.15, 0.2) is 18.2 Å². The summed E-state index contributed by atoms with van der Waals surface area (Å²) in [5.74, 6) is -0.215. The highest BCUT2D eigenvalue weighted by molar-refractivity contribution is 5.47. The molecule has 0 saturated carbocycles. The second-order valence-electron chi connectivity index (χ2n) is 2.70. The Kier molecular flexibility index (Phi) is 3.21. The highest BCUT2D eigenvalue weighted by Gasteiger charge is 2.08. The average Bonchev–Trinajstić information content (AvgIpc) is 2.08. The third-order valence-corrected chi connectivity index (χ3v) is 1.72. The van der Waals surface area contributed by atoms with Crippen LogP contribution in [0.1, 0.15) is 5.56 Å². The molecule has 0 bridgehead atoms. The van der Waals surface area contributed by atoms with Crippen LogP contribution in [0.4, 0.5) is 5.69 Å². The van der Waals surface area contributed by atoms with Crippen LogP contribution < -0.4 is 11.0 Å². The number of phenolic OH excluding ortho intramolecular Hbond substituents is 1. The Bertz CT molecular complexity index is 289. The monoisotopic (exact) mass is 184 g/mol. The van der Waals surface area contributed by atoms with Crippen molar-refractivity contribution in [1.82, 2.24) is 0 Å². The van der Waals surface area contributed by atoms with E-state index in [2.05, 4.69) is 0 Å². The number of nitrogens with two attached hydrogens (primary N) is 1. The topological polar surface area (TPSA) is 94.0 Å². The summed E-state index contributed by atoms with van der Waals surface area (Å²) in [6.45, 7) is 0.462. The molecule has 13 heavy (non-hydrogen) atoms. The Balaban J connectivity index is 2.97. The fraction of sp³-hybridized carbons (Fsp3) is 0.250. The number of hydrogen-bond acceptors (Lipinski definition) is 4. The first-order valence-corrected chi connectivity index (χ1v) is 3.90. The predicted octanol–water partition coefficient (Wildman–Crippen LogP) is -0.703. The molecule has 0 aliphatic carbocycles. The lowest BCUT2D eigenvalue weighted by molar-refractivity contribution is -0.991. The van der Waals surface area contributed by atoms with Crippen LogP contribution in [0.3, 0.4) is 0 Å². The third kappa shape index (κ3) is 2.40. The van der Waals surface area contributed by atoms with Gasteiger partial charge < -0.3 is 16.0 Å². The van der Waals surface area contributed by atoms with E-state index in [-0.39, 0.29) is 11.4 Å². The lowest BCUT2D eigenvalue weighted by Crippen LogP contribution is -2.99. The van der Waals surface area contributed by atoms with Crippen molar-refractivity contribution < 1.29 is 15.5 Å². The van der Waals surface area contributed by atoms with Crippen LogP contribution in [0, 0.1) is 5.21 Å². The van der Waals surface area contributed by atoms with Crippen molar-refractivity contribution in [3.63, 3.8) is 0 Å². The first-order valence-electron chi connectivity index (χ1n) is 3.90. The van der Waals surface area contributed by atoms with Gasteiger partial charge in [-0.2, -0.15) is 5.23 Å². The summed E-state index contributed by atoms with van der Waals surface area (Å²) in [4.78, 5) is 0. The van der Waals surface area contributed by atoms with Gasteiger partial charge in [0.05, 0.1) is 0 Å². The zero-order chi connectivity index (χ0) is 9.84. The highest BCUT2D eigenvalue weighted by Crippen LogP contribution is 2.20. The molecule has 1 atom stereocenters. The van der Waals surface area contributed by atoms with Gasteiger partial charge in [0.1, 0.15) is 0 Å². The summed E-state index contributed by atoms with van der Waals surface area (Å²) in [5, 5.41) is 27.3. The molecule has 0 aliphatic heterocycles. The van der Waals surface area contributed by atoms with Crippen LogP contribution in [0.2, 0.25) is 0 Å². The van der Waals surface area contributed by atoms with Crippen LogP contribution in [-0.4, -0.2) is 16.9 Å². The molecule has 0 aromatic heterocycles. The molecule has 5 nitrogen and oxygen atoms in total. The van der Waals surface area contributed by atoms with Gasteiger partial charge in [-0.15, -0.1) is 0 Å². The van der Waals surface area contributed by atoms with Crippen molar-refractivity contribution >= 4 is 5.69 Å². The summed E-state index contributed by atoms with van der Waals surface area (Å²) in [7, 11) is 0. The normalized spacial score (nSPS) is 12.8. The van der Waals surface area contributed by atoms with Gasteiger partial charge in [-0.1, -0.05) is 6.07 Å². The van der Waals surface area contributed by atoms with E-state index < -0.39 is 5.23 Å². The zero-order valence-corrected chi connectivity index (χ0v) is 7.03. The van der Waals surface area contributed by atoms with E-state index in [1.807, 2.05) is 0 Å². The zero-order valence-electron chi connectivity index (χ0n) is 7.03. The second kappa shape index (κ2) is 4.20. The smallest absolute Gasteiger partial charge is 0.206 e. The molecule has 0 saturated heterocycles. The Hall–Kier alpha value is -1.14.